The molecule has 0 aliphatic carbocycles. The first kappa shape index (κ1) is 13.9. The van der Waals surface area contributed by atoms with Crippen molar-refractivity contribution in [2.24, 2.45) is 0 Å². The van der Waals surface area contributed by atoms with Gasteiger partial charge in [0.05, 0.1) is 11.6 Å². The zero-order valence-electron chi connectivity index (χ0n) is 9.80. The lowest BCUT2D eigenvalue weighted by Crippen LogP contribution is -2.34. The van der Waals surface area contributed by atoms with E-state index >= 15 is 0 Å². The summed E-state index contributed by atoms with van der Waals surface area (Å²) in [6, 6.07) is 4.04. The van der Waals surface area contributed by atoms with Gasteiger partial charge in [0.2, 0.25) is 0 Å². The van der Waals surface area contributed by atoms with Crippen molar-refractivity contribution in [1.29, 1.82) is 0 Å². The molecule has 1 aromatic carbocycles. The molecule has 0 heterocycles. The number of hydrogen-bond acceptors (Lipinski definition) is 3. The van der Waals surface area contributed by atoms with E-state index in [9.17, 15) is 9.18 Å². The normalized spacial score (nSPS) is 12.2. The van der Waals surface area contributed by atoms with Gasteiger partial charge in [-0.05, 0) is 31.5 Å². The van der Waals surface area contributed by atoms with Crippen LogP contribution in [0.3, 0.4) is 0 Å². The van der Waals surface area contributed by atoms with Crippen LogP contribution in [0.2, 0.25) is 5.02 Å². The highest BCUT2D eigenvalue weighted by molar-refractivity contribution is 6.30. The summed E-state index contributed by atoms with van der Waals surface area (Å²) in [5.41, 5.74) is 0.813. The fourth-order valence-corrected chi connectivity index (χ4v) is 1.47. The number of carbonyl (C=O) groups is 1. The Bertz CT molecular complexity index is 398. The molecule has 0 aliphatic heterocycles. The van der Waals surface area contributed by atoms with E-state index in [0.29, 0.717) is 13.2 Å². The monoisotopic (exact) mass is 259 g/mol. The van der Waals surface area contributed by atoms with E-state index in [0.717, 1.165) is 5.56 Å². The second-order valence-electron chi connectivity index (χ2n) is 3.60. The summed E-state index contributed by atoms with van der Waals surface area (Å²) in [7, 11) is 0. The third-order valence-electron chi connectivity index (χ3n) is 2.24. The number of halogens is 2. The van der Waals surface area contributed by atoms with Crippen LogP contribution in [0.25, 0.3) is 0 Å². The Balaban J connectivity index is 2.50. The third-order valence-corrected chi connectivity index (χ3v) is 2.53. The molecule has 94 valence electrons. The van der Waals surface area contributed by atoms with E-state index in [4.69, 9.17) is 16.3 Å². The van der Waals surface area contributed by atoms with Gasteiger partial charge >= 0.3 is 5.97 Å². The number of benzene rings is 1. The van der Waals surface area contributed by atoms with Gasteiger partial charge in [-0.3, -0.25) is 4.79 Å². The molecule has 0 spiro atoms. The third kappa shape index (κ3) is 4.32. The Morgan fingerprint density at radius 2 is 2.29 bits per heavy atom. The van der Waals surface area contributed by atoms with E-state index in [2.05, 4.69) is 5.32 Å². The molecule has 0 radical (unpaired) electrons. The molecule has 0 fully saturated rings. The Hall–Kier alpha value is -1.13. The molecule has 1 unspecified atom stereocenters. The maximum Gasteiger partial charge on any atom is 0.322 e. The Morgan fingerprint density at radius 1 is 1.59 bits per heavy atom. The van der Waals surface area contributed by atoms with E-state index < -0.39 is 11.9 Å². The van der Waals surface area contributed by atoms with Gasteiger partial charge in [-0.25, -0.2) is 4.39 Å². The molecule has 1 aromatic rings. The standard InChI is InChI=1S/C12H15ClFNO2/c1-3-17-12(16)8(2)15-7-9-4-5-11(14)10(13)6-9/h4-6,8,15H,3,7H2,1-2H3. The Labute approximate surface area is 105 Å². The maximum absolute atomic E-state index is 12.9. The lowest BCUT2D eigenvalue weighted by atomic mass is 10.2. The minimum absolute atomic E-state index is 0.0769. The molecule has 0 amide bonds. The van der Waals surface area contributed by atoms with Crippen LogP contribution >= 0.6 is 11.6 Å². The highest BCUT2D eigenvalue weighted by Gasteiger charge is 2.12. The number of hydrogen-bond donors (Lipinski definition) is 1. The molecule has 5 heteroatoms. The lowest BCUT2D eigenvalue weighted by molar-refractivity contribution is -0.145. The molecule has 1 atom stereocenters. The minimum atomic E-state index is -0.450. The second-order valence-corrected chi connectivity index (χ2v) is 4.01. The average Bonchev–Trinajstić information content (AvgIpc) is 2.30. The van der Waals surface area contributed by atoms with Crippen molar-refractivity contribution in [2.75, 3.05) is 6.61 Å². The van der Waals surface area contributed by atoms with Gasteiger partial charge in [0, 0.05) is 6.54 Å². The lowest BCUT2D eigenvalue weighted by Gasteiger charge is -2.12. The highest BCUT2D eigenvalue weighted by atomic mass is 35.5. The van der Waals surface area contributed by atoms with Crippen LogP contribution in [0.1, 0.15) is 19.4 Å². The molecule has 1 rings (SSSR count). The summed E-state index contributed by atoms with van der Waals surface area (Å²) < 4.78 is 17.7. The summed E-state index contributed by atoms with van der Waals surface area (Å²) in [5.74, 6) is -0.755. The number of carbonyl (C=O) groups excluding carboxylic acids is 1. The maximum atomic E-state index is 12.9. The van der Waals surface area contributed by atoms with Crippen LogP contribution < -0.4 is 5.32 Å². The number of ether oxygens (including phenoxy) is 1. The molecular weight excluding hydrogens is 245 g/mol. The van der Waals surface area contributed by atoms with E-state index in [-0.39, 0.29) is 11.0 Å². The molecular formula is C12H15ClFNO2. The summed E-state index contributed by atoms with van der Waals surface area (Å²) >= 11 is 5.65. The second kappa shape index (κ2) is 6.57. The van der Waals surface area contributed by atoms with Crippen LogP contribution in [0, 0.1) is 5.82 Å². The summed E-state index contributed by atoms with van der Waals surface area (Å²) in [6.45, 7) is 4.25. The average molecular weight is 260 g/mol. The molecule has 0 aliphatic rings. The topological polar surface area (TPSA) is 38.3 Å². The van der Waals surface area contributed by atoms with Crippen molar-refractivity contribution in [3.63, 3.8) is 0 Å². The van der Waals surface area contributed by atoms with Gasteiger partial charge in [-0.15, -0.1) is 0 Å². The number of rotatable bonds is 5. The first-order chi connectivity index (χ1) is 8.04. The van der Waals surface area contributed by atoms with Gasteiger partial charge in [0.25, 0.3) is 0 Å². The Morgan fingerprint density at radius 3 is 2.88 bits per heavy atom. The predicted octanol–water partition coefficient (Wildman–Crippen LogP) is 2.52. The highest BCUT2D eigenvalue weighted by Crippen LogP contribution is 2.15. The summed E-state index contributed by atoms with van der Waals surface area (Å²) in [5, 5.41) is 3.05. The van der Waals surface area contributed by atoms with Crippen LogP contribution in [0.5, 0.6) is 0 Å². The van der Waals surface area contributed by atoms with Crippen molar-refractivity contribution in [3.8, 4) is 0 Å². The number of nitrogens with one attached hydrogen (secondary N) is 1. The SMILES string of the molecule is CCOC(=O)C(C)NCc1ccc(F)c(Cl)c1. The van der Waals surface area contributed by atoms with Gasteiger partial charge in [-0.2, -0.15) is 0 Å². The molecule has 3 nitrogen and oxygen atoms in total. The smallest absolute Gasteiger partial charge is 0.322 e. The van der Waals surface area contributed by atoms with Gasteiger partial charge < -0.3 is 10.1 Å². The van der Waals surface area contributed by atoms with Crippen molar-refractivity contribution < 1.29 is 13.9 Å². The predicted molar refractivity (Wildman–Crippen MR) is 64.3 cm³/mol. The largest absolute Gasteiger partial charge is 0.465 e. The van der Waals surface area contributed by atoms with Gasteiger partial charge in [0.1, 0.15) is 11.9 Å². The van der Waals surface area contributed by atoms with E-state index in [1.54, 1.807) is 19.9 Å². The van der Waals surface area contributed by atoms with Crippen LogP contribution in [0.4, 0.5) is 4.39 Å². The first-order valence-electron chi connectivity index (χ1n) is 5.38. The van der Waals surface area contributed by atoms with Gasteiger partial charge in [-0.1, -0.05) is 17.7 Å². The summed E-state index contributed by atoms with van der Waals surface area (Å²) in [4.78, 5) is 11.3. The fourth-order valence-electron chi connectivity index (χ4n) is 1.27. The van der Waals surface area contributed by atoms with E-state index in [1.807, 2.05) is 0 Å². The molecule has 0 saturated heterocycles. The molecule has 0 bridgehead atoms. The zero-order valence-corrected chi connectivity index (χ0v) is 10.6. The van der Waals surface area contributed by atoms with Crippen molar-refractivity contribution in [3.05, 3.63) is 34.6 Å². The molecule has 17 heavy (non-hydrogen) atoms. The van der Waals surface area contributed by atoms with Crippen LogP contribution in [-0.2, 0) is 16.1 Å². The Kier molecular flexibility index (Phi) is 5.38. The van der Waals surface area contributed by atoms with E-state index in [1.165, 1.54) is 12.1 Å². The molecule has 0 aromatic heterocycles. The van der Waals surface area contributed by atoms with Crippen molar-refractivity contribution in [1.82, 2.24) is 5.32 Å². The van der Waals surface area contributed by atoms with Crippen LogP contribution in [0.15, 0.2) is 18.2 Å². The van der Waals surface area contributed by atoms with Gasteiger partial charge in [0.15, 0.2) is 0 Å². The minimum Gasteiger partial charge on any atom is -0.465 e. The quantitative estimate of drug-likeness (QED) is 0.826. The first-order valence-corrected chi connectivity index (χ1v) is 5.76. The van der Waals surface area contributed by atoms with Crippen molar-refractivity contribution >= 4 is 17.6 Å². The number of esters is 1. The zero-order chi connectivity index (χ0) is 12.8. The molecule has 0 saturated carbocycles. The summed E-state index contributed by atoms with van der Waals surface area (Å²) in [6.07, 6.45) is 0. The van der Waals surface area contributed by atoms with Crippen molar-refractivity contribution in [2.45, 2.75) is 26.4 Å². The van der Waals surface area contributed by atoms with Crippen LogP contribution in [-0.4, -0.2) is 18.6 Å². The fraction of sp³-hybridized carbons (Fsp3) is 0.417. The molecule has 1 N–H and O–H groups in total.